The molecule has 6 nitrogen and oxygen atoms in total. The summed E-state index contributed by atoms with van der Waals surface area (Å²) in [5, 5.41) is 2.51. The lowest BCUT2D eigenvalue weighted by molar-refractivity contribution is 0.0969. The number of carbonyl (C=O) groups is 1. The average Bonchev–Trinajstić information content (AvgIpc) is 3.31. The number of fused-ring (bicyclic) bond motifs is 1. The Morgan fingerprint density at radius 3 is 2.70 bits per heavy atom. The fourth-order valence-electron chi connectivity index (χ4n) is 3.76. The molecule has 0 atom stereocenters. The predicted octanol–water partition coefficient (Wildman–Crippen LogP) is 4.07. The topological polar surface area (TPSA) is 66.1 Å². The van der Waals surface area contributed by atoms with Crippen LogP contribution in [-0.2, 0) is 17.8 Å². The summed E-state index contributed by atoms with van der Waals surface area (Å²) >= 11 is 1.44. The minimum absolute atomic E-state index is 0.0412. The number of rotatable bonds is 7. The van der Waals surface area contributed by atoms with E-state index < -0.39 is 0 Å². The summed E-state index contributed by atoms with van der Waals surface area (Å²) in [6.45, 7) is 5.11. The standard InChI is InChI=1S/C23H23N3O3S/c1-15-11-18(16(2)26(15)9-10-29-3)20(27)12-25-14-24-22-21(23(25)28)19(13-30-22)17-7-5-4-6-8-17/h4-8,11,13-14H,9-10,12H2,1-3H3. The second-order valence-electron chi connectivity index (χ2n) is 7.23. The maximum atomic E-state index is 13.2. The van der Waals surface area contributed by atoms with Gasteiger partial charge in [-0.15, -0.1) is 11.3 Å². The largest absolute Gasteiger partial charge is 0.383 e. The van der Waals surface area contributed by atoms with E-state index in [9.17, 15) is 9.59 Å². The third kappa shape index (κ3) is 3.62. The van der Waals surface area contributed by atoms with Crippen molar-refractivity contribution in [2.24, 2.45) is 0 Å². The lowest BCUT2D eigenvalue weighted by Gasteiger charge is -2.09. The molecule has 0 N–H and O–H groups in total. The summed E-state index contributed by atoms with van der Waals surface area (Å²) in [5.74, 6) is -0.105. The van der Waals surface area contributed by atoms with Crippen molar-refractivity contribution in [3.8, 4) is 11.1 Å². The van der Waals surface area contributed by atoms with Gasteiger partial charge < -0.3 is 9.30 Å². The molecule has 0 saturated heterocycles. The fourth-order valence-corrected chi connectivity index (χ4v) is 4.67. The van der Waals surface area contributed by atoms with Crippen LogP contribution in [0.5, 0.6) is 0 Å². The number of benzene rings is 1. The lowest BCUT2D eigenvalue weighted by Crippen LogP contribution is -2.24. The molecule has 30 heavy (non-hydrogen) atoms. The summed E-state index contributed by atoms with van der Waals surface area (Å²) in [5.41, 5.74) is 4.14. The summed E-state index contributed by atoms with van der Waals surface area (Å²) in [7, 11) is 1.66. The molecule has 4 aromatic rings. The second-order valence-corrected chi connectivity index (χ2v) is 8.08. The Bertz CT molecular complexity index is 1270. The van der Waals surface area contributed by atoms with Crippen LogP contribution in [0.4, 0.5) is 0 Å². The number of methoxy groups -OCH3 is 1. The first kappa shape index (κ1) is 20.3. The Hall–Kier alpha value is -3.03. The van der Waals surface area contributed by atoms with Gasteiger partial charge in [-0.25, -0.2) is 4.98 Å². The van der Waals surface area contributed by atoms with Gasteiger partial charge in [-0.1, -0.05) is 30.3 Å². The number of carbonyl (C=O) groups excluding carboxylic acids is 1. The molecular formula is C23H23N3O3S. The second kappa shape index (κ2) is 8.38. The zero-order valence-corrected chi connectivity index (χ0v) is 18.0. The van der Waals surface area contributed by atoms with Gasteiger partial charge in [0.05, 0.1) is 24.9 Å². The van der Waals surface area contributed by atoms with Gasteiger partial charge in [0.2, 0.25) is 0 Å². The van der Waals surface area contributed by atoms with E-state index in [-0.39, 0.29) is 17.9 Å². The van der Waals surface area contributed by atoms with E-state index in [0.29, 0.717) is 28.9 Å². The molecule has 0 spiro atoms. The van der Waals surface area contributed by atoms with E-state index in [2.05, 4.69) is 9.55 Å². The quantitative estimate of drug-likeness (QED) is 0.422. The van der Waals surface area contributed by atoms with Gasteiger partial charge in [0.15, 0.2) is 5.78 Å². The van der Waals surface area contributed by atoms with Gasteiger partial charge in [-0.05, 0) is 25.5 Å². The highest BCUT2D eigenvalue weighted by molar-refractivity contribution is 7.17. The first-order valence-electron chi connectivity index (χ1n) is 9.72. The third-order valence-electron chi connectivity index (χ3n) is 5.35. The van der Waals surface area contributed by atoms with E-state index >= 15 is 0 Å². The number of aryl methyl sites for hydroxylation is 1. The van der Waals surface area contributed by atoms with E-state index in [1.807, 2.05) is 55.6 Å². The smallest absolute Gasteiger partial charge is 0.263 e. The molecule has 4 rings (SSSR count). The van der Waals surface area contributed by atoms with Crippen LogP contribution in [0.3, 0.4) is 0 Å². The number of aromatic nitrogens is 3. The summed E-state index contributed by atoms with van der Waals surface area (Å²) in [4.78, 5) is 31.3. The van der Waals surface area contributed by atoms with Crippen molar-refractivity contribution < 1.29 is 9.53 Å². The van der Waals surface area contributed by atoms with Crippen molar-refractivity contribution >= 4 is 27.3 Å². The molecule has 1 aromatic carbocycles. The van der Waals surface area contributed by atoms with Crippen LogP contribution in [0.2, 0.25) is 0 Å². The van der Waals surface area contributed by atoms with Crippen molar-refractivity contribution in [3.63, 3.8) is 0 Å². The number of thiophene rings is 1. The molecule has 0 radical (unpaired) electrons. The van der Waals surface area contributed by atoms with E-state index in [1.165, 1.54) is 22.2 Å². The average molecular weight is 422 g/mol. The van der Waals surface area contributed by atoms with Gasteiger partial charge in [0.1, 0.15) is 4.83 Å². The Morgan fingerprint density at radius 2 is 1.97 bits per heavy atom. The Balaban J connectivity index is 1.69. The van der Waals surface area contributed by atoms with Crippen LogP contribution < -0.4 is 5.56 Å². The monoisotopic (exact) mass is 421 g/mol. The van der Waals surface area contributed by atoms with Crippen LogP contribution in [0.1, 0.15) is 21.7 Å². The number of nitrogens with zero attached hydrogens (tertiary/aromatic N) is 3. The molecule has 0 aliphatic carbocycles. The molecule has 7 heteroatoms. The molecule has 154 valence electrons. The molecule has 0 fully saturated rings. The zero-order valence-electron chi connectivity index (χ0n) is 17.2. The van der Waals surface area contributed by atoms with Crippen molar-refractivity contribution in [3.05, 3.63) is 75.4 Å². The molecule has 0 bridgehead atoms. The Morgan fingerprint density at radius 1 is 1.20 bits per heavy atom. The van der Waals surface area contributed by atoms with Crippen molar-refractivity contribution in [1.82, 2.24) is 14.1 Å². The highest BCUT2D eigenvalue weighted by Gasteiger charge is 2.18. The fraction of sp³-hybridized carbons (Fsp3) is 0.261. The molecule has 0 aliphatic heterocycles. The Kier molecular flexibility index (Phi) is 5.65. The van der Waals surface area contributed by atoms with Crippen LogP contribution in [0, 0.1) is 13.8 Å². The molecular weight excluding hydrogens is 398 g/mol. The van der Waals surface area contributed by atoms with Gasteiger partial charge in [0.25, 0.3) is 5.56 Å². The molecule has 3 aromatic heterocycles. The number of hydrogen-bond acceptors (Lipinski definition) is 5. The minimum atomic E-state index is -0.193. The summed E-state index contributed by atoms with van der Waals surface area (Å²) in [6.07, 6.45) is 1.47. The first-order valence-corrected chi connectivity index (χ1v) is 10.6. The van der Waals surface area contributed by atoms with Crippen LogP contribution in [0.25, 0.3) is 21.3 Å². The van der Waals surface area contributed by atoms with E-state index in [0.717, 1.165) is 22.5 Å². The minimum Gasteiger partial charge on any atom is -0.383 e. The maximum Gasteiger partial charge on any atom is 0.263 e. The summed E-state index contributed by atoms with van der Waals surface area (Å²) < 4.78 is 8.63. The number of hydrogen-bond donors (Lipinski definition) is 0. The third-order valence-corrected chi connectivity index (χ3v) is 6.24. The normalized spacial score (nSPS) is 11.3. The first-order chi connectivity index (χ1) is 14.5. The number of Topliss-reactive ketones (excluding diaryl/α,β-unsaturated/α-hetero) is 1. The van der Waals surface area contributed by atoms with Gasteiger partial charge in [-0.3, -0.25) is 14.2 Å². The van der Waals surface area contributed by atoms with Crippen molar-refractivity contribution in [2.45, 2.75) is 26.9 Å². The van der Waals surface area contributed by atoms with Gasteiger partial charge >= 0.3 is 0 Å². The number of ether oxygens (including phenoxy) is 1. The zero-order chi connectivity index (χ0) is 21.3. The summed E-state index contributed by atoms with van der Waals surface area (Å²) in [6, 6.07) is 11.6. The van der Waals surface area contributed by atoms with Crippen molar-refractivity contribution in [1.29, 1.82) is 0 Å². The molecule has 0 unspecified atom stereocenters. The maximum absolute atomic E-state index is 13.2. The predicted molar refractivity (Wildman–Crippen MR) is 119 cm³/mol. The molecule has 0 aliphatic rings. The molecule has 0 saturated carbocycles. The van der Waals surface area contributed by atoms with Crippen molar-refractivity contribution in [2.75, 3.05) is 13.7 Å². The SMILES string of the molecule is COCCn1c(C)cc(C(=O)Cn2cnc3scc(-c4ccccc4)c3c2=O)c1C. The van der Waals surface area contributed by atoms with Crippen LogP contribution in [0.15, 0.2) is 52.9 Å². The Labute approximate surface area is 178 Å². The molecule has 0 amide bonds. The number of ketones is 1. The van der Waals surface area contributed by atoms with Crippen LogP contribution >= 0.6 is 11.3 Å². The van der Waals surface area contributed by atoms with Crippen LogP contribution in [-0.4, -0.2) is 33.6 Å². The van der Waals surface area contributed by atoms with E-state index in [1.54, 1.807) is 7.11 Å². The molecule has 3 heterocycles. The van der Waals surface area contributed by atoms with Gasteiger partial charge in [-0.2, -0.15) is 0 Å². The highest BCUT2D eigenvalue weighted by Crippen LogP contribution is 2.30. The van der Waals surface area contributed by atoms with Gasteiger partial charge in [0, 0.05) is 41.5 Å². The van der Waals surface area contributed by atoms with E-state index in [4.69, 9.17) is 4.74 Å². The highest BCUT2D eigenvalue weighted by atomic mass is 32.1. The lowest BCUT2D eigenvalue weighted by atomic mass is 10.1.